The predicted molar refractivity (Wildman–Crippen MR) is 119 cm³/mol. The zero-order valence-electron chi connectivity index (χ0n) is 15.4. The van der Waals surface area contributed by atoms with Gasteiger partial charge in [-0.05, 0) is 42.0 Å². The fraction of sp³-hybridized carbons (Fsp3) is 0. The standard InChI is InChI=1S/C23H18N4OS/c28-22(10-9-17-5-2-1-3-6-17)25-19-7-4-8-20(15-19)26-23-27-21(16-29-23)18-11-13-24-14-12-18/h1-16H,(H,25,28)(H,26,27)/b10-9+. The Morgan fingerprint density at radius 2 is 1.72 bits per heavy atom. The van der Waals surface area contributed by atoms with E-state index in [1.807, 2.05) is 72.1 Å². The van der Waals surface area contributed by atoms with E-state index in [0.29, 0.717) is 5.69 Å². The predicted octanol–water partition coefficient (Wildman–Crippen LogP) is 5.60. The van der Waals surface area contributed by atoms with Crippen LogP contribution in [0.1, 0.15) is 5.56 Å². The van der Waals surface area contributed by atoms with E-state index in [1.165, 1.54) is 17.4 Å². The number of thiazole rings is 1. The molecule has 0 aliphatic carbocycles. The molecule has 2 heterocycles. The first kappa shape index (κ1) is 18.6. The highest BCUT2D eigenvalue weighted by Crippen LogP contribution is 2.27. The summed E-state index contributed by atoms with van der Waals surface area (Å²) in [5.74, 6) is -0.180. The van der Waals surface area contributed by atoms with Gasteiger partial charge in [-0.3, -0.25) is 9.78 Å². The zero-order valence-corrected chi connectivity index (χ0v) is 16.3. The number of amides is 1. The number of nitrogens with one attached hydrogen (secondary N) is 2. The van der Waals surface area contributed by atoms with E-state index < -0.39 is 0 Å². The highest BCUT2D eigenvalue weighted by atomic mass is 32.1. The first-order valence-corrected chi connectivity index (χ1v) is 9.91. The van der Waals surface area contributed by atoms with Crippen LogP contribution >= 0.6 is 11.3 Å². The Labute approximate surface area is 172 Å². The molecule has 2 N–H and O–H groups in total. The molecular weight excluding hydrogens is 380 g/mol. The molecule has 2 aromatic carbocycles. The summed E-state index contributed by atoms with van der Waals surface area (Å²) in [6, 6.07) is 21.1. The summed E-state index contributed by atoms with van der Waals surface area (Å²) in [6.45, 7) is 0. The largest absolute Gasteiger partial charge is 0.331 e. The molecule has 0 aliphatic rings. The van der Waals surface area contributed by atoms with Crippen molar-refractivity contribution in [2.45, 2.75) is 0 Å². The number of anilines is 3. The lowest BCUT2D eigenvalue weighted by molar-refractivity contribution is -0.111. The summed E-state index contributed by atoms with van der Waals surface area (Å²) in [4.78, 5) is 20.8. The summed E-state index contributed by atoms with van der Waals surface area (Å²) >= 11 is 1.52. The molecular formula is C23H18N4OS. The lowest BCUT2D eigenvalue weighted by Crippen LogP contribution is -2.07. The van der Waals surface area contributed by atoms with Crippen molar-refractivity contribution >= 4 is 39.8 Å². The van der Waals surface area contributed by atoms with Gasteiger partial charge >= 0.3 is 0 Å². The van der Waals surface area contributed by atoms with Crippen molar-refractivity contribution < 1.29 is 4.79 Å². The van der Waals surface area contributed by atoms with Crippen LogP contribution in [0.3, 0.4) is 0 Å². The number of nitrogens with zero attached hydrogens (tertiary/aromatic N) is 2. The Balaban J connectivity index is 1.41. The third kappa shape index (κ3) is 5.15. The smallest absolute Gasteiger partial charge is 0.248 e. The maximum atomic E-state index is 12.2. The molecule has 0 unspecified atom stereocenters. The Hall–Kier alpha value is -3.77. The molecule has 1 amide bonds. The molecule has 0 fully saturated rings. The topological polar surface area (TPSA) is 66.9 Å². The van der Waals surface area contributed by atoms with Gasteiger partial charge < -0.3 is 10.6 Å². The monoisotopic (exact) mass is 398 g/mol. The van der Waals surface area contributed by atoms with Crippen molar-refractivity contribution in [3.8, 4) is 11.3 Å². The lowest BCUT2D eigenvalue weighted by atomic mass is 10.2. The van der Waals surface area contributed by atoms with E-state index in [1.54, 1.807) is 18.5 Å². The molecule has 0 spiro atoms. The Morgan fingerprint density at radius 1 is 0.931 bits per heavy atom. The number of hydrogen-bond donors (Lipinski definition) is 2. The molecule has 2 aromatic heterocycles. The number of benzene rings is 2. The normalized spacial score (nSPS) is 10.8. The van der Waals surface area contributed by atoms with Crippen LogP contribution in [0.15, 0.2) is 90.6 Å². The van der Waals surface area contributed by atoms with Crippen LogP contribution in [0, 0.1) is 0 Å². The highest BCUT2D eigenvalue weighted by molar-refractivity contribution is 7.14. The van der Waals surface area contributed by atoms with Crippen LogP contribution < -0.4 is 10.6 Å². The second-order valence-electron chi connectivity index (χ2n) is 6.21. The van der Waals surface area contributed by atoms with Gasteiger partial charge in [0.2, 0.25) is 5.91 Å². The molecule has 29 heavy (non-hydrogen) atoms. The minimum absolute atomic E-state index is 0.180. The lowest BCUT2D eigenvalue weighted by Gasteiger charge is -2.06. The van der Waals surface area contributed by atoms with E-state index in [2.05, 4.69) is 20.6 Å². The molecule has 0 saturated heterocycles. The zero-order chi connectivity index (χ0) is 19.9. The number of pyridine rings is 1. The fourth-order valence-corrected chi connectivity index (χ4v) is 3.44. The molecule has 0 radical (unpaired) electrons. The van der Waals surface area contributed by atoms with E-state index in [4.69, 9.17) is 0 Å². The SMILES string of the molecule is O=C(/C=C/c1ccccc1)Nc1cccc(Nc2nc(-c3ccncc3)cs2)c1. The summed E-state index contributed by atoms with van der Waals surface area (Å²) in [6.07, 6.45) is 6.81. The average molecular weight is 398 g/mol. The van der Waals surface area contributed by atoms with Crippen molar-refractivity contribution in [2.75, 3.05) is 10.6 Å². The van der Waals surface area contributed by atoms with Crippen molar-refractivity contribution in [3.63, 3.8) is 0 Å². The minimum Gasteiger partial charge on any atom is -0.331 e. The number of aromatic nitrogens is 2. The van der Waals surface area contributed by atoms with Crippen molar-refractivity contribution in [1.82, 2.24) is 9.97 Å². The van der Waals surface area contributed by atoms with Gasteiger partial charge in [0.15, 0.2) is 5.13 Å². The Kier molecular flexibility index (Phi) is 5.73. The van der Waals surface area contributed by atoms with Crippen LogP contribution in [-0.2, 0) is 4.79 Å². The number of carbonyl (C=O) groups excluding carboxylic acids is 1. The van der Waals surface area contributed by atoms with E-state index in [9.17, 15) is 4.79 Å². The van der Waals surface area contributed by atoms with Crippen LogP contribution in [-0.4, -0.2) is 15.9 Å². The van der Waals surface area contributed by atoms with E-state index in [0.717, 1.165) is 27.6 Å². The van der Waals surface area contributed by atoms with Gasteiger partial charge in [0, 0.05) is 40.8 Å². The van der Waals surface area contributed by atoms with Crippen LogP contribution in [0.4, 0.5) is 16.5 Å². The number of carbonyl (C=O) groups is 1. The molecule has 0 atom stereocenters. The minimum atomic E-state index is -0.180. The van der Waals surface area contributed by atoms with Crippen LogP contribution in [0.25, 0.3) is 17.3 Å². The second-order valence-corrected chi connectivity index (χ2v) is 7.07. The molecule has 5 nitrogen and oxygen atoms in total. The average Bonchev–Trinajstić information content (AvgIpc) is 3.22. The van der Waals surface area contributed by atoms with Gasteiger partial charge in [-0.2, -0.15) is 0 Å². The second kappa shape index (κ2) is 8.95. The summed E-state index contributed by atoms with van der Waals surface area (Å²) in [7, 11) is 0. The molecule has 0 bridgehead atoms. The molecule has 4 rings (SSSR count). The number of hydrogen-bond acceptors (Lipinski definition) is 5. The van der Waals surface area contributed by atoms with Crippen LogP contribution in [0.2, 0.25) is 0 Å². The molecule has 0 aliphatic heterocycles. The van der Waals surface area contributed by atoms with Crippen molar-refractivity contribution in [3.05, 3.63) is 96.1 Å². The maximum absolute atomic E-state index is 12.2. The number of rotatable bonds is 6. The quantitative estimate of drug-likeness (QED) is 0.415. The molecule has 6 heteroatoms. The molecule has 142 valence electrons. The van der Waals surface area contributed by atoms with Gasteiger partial charge in [0.1, 0.15) is 0 Å². The molecule has 4 aromatic rings. The third-order valence-corrected chi connectivity index (χ3v) is 4.85. The maximum Gasteiger partial charge on any atom is 0.248 e. The summed E-state index contributed by atoms with van der Waals surface area (Å²) in [5, 5.41) is 8.95. The van der Waals surface area contributed by atoms with Crippen molar-refractivity contribution in [1.29, 1.82) is 0 Å². The van der Waals surface area contributed by atoms with Crippen molar-refractivity contribution in [2.24, 2.45) is 0 Å². The van der Waals surface area contributed by atoms with Gasteiger partial charge in [-0.15, -0.1) is 11.3 Å². The first-order valence-electron chi connectivity index (χ1n) is 9.03. The highest BCUT2D eigenvalue weighted by Gasteiger charge is 2.06. The first-order chi connectivity index (χ1) is 14.3. The molecule has 0 saturated carbocycles. The van der Waals surface area contributed by atoms with Gasteiger partial charge in [0.25, 0.3) is 0 Å². The van der Waals surface area contributed by atoms with E-state index in [-0.39, 0.29) is 5.91 Å². The van der Waals surface area contributed by atoms with Gasteiger partial charge in [-0.1, -0.05) is 36.4 Å². The summed E-state index contributed by atoms with van der Waals surface area (Å²) < 4.78 is 0. The van der Waals surface area contributed by atoms with Gasteiger partial charge in [0.05, 0.1) is 5.69 Å². The fourth-order valence-electron chi connectivity index (χ4n) is 2.70. The van der Waals surface area contributed by atoms with Gasteiger partial charge in [-0.25, -0.2) is 4.98 Å². The van der Waals surface area contributed by atoms with Crippen LogP contribution in [0.5, 0.6) is 0 Å². The third-order valence-electron chi connectivity index (χ3n) is 4.09. The Bertz CT molecular complexity index is 1120. The summed E-state index contributed by atoms with van der Waals surface area (Å²) in [5.41, 5.74) is 4.46. The Morgan fingerprint density at radius 3 is 2.55 bits per heavy atom. The van der Waals surface area contributed by atoms with E-state index >= 15 is 0 Å².